The third kappa shape index (κ3) is 3.44. The Labute approximate surface area is 131 Å². The second kappa shape index (κ2) is 6.58. The predicted molar refractivity (Wildman–Crippen MR) is 90.0 cm³/mol. The zero-order chi connectivity index (χ0) is 14.7. The van der Waals surface area contributed by atoms with Crippen molar-refractivity contribution in [2.75, 3.05) is 18.0 Å². The molecule has 0 saturated carbocycles. The van der Waals surface area contributed by atoms with E-state index in [4.69, 9.17) is 0 Å². The molecule has 1 unspecified atom stereocenters. The highest BCUT2D eigenvalue weighted by molar-refractivity contribution is 7.11. The van der Waals surface area contributed by atoms with Crippen LogP contribution in [0.25, 0.3) is 0 Å². The van der Waals surface area contributed by atoms with E-state index in [1.165, 1.54) is 47.1 Å². The third-order valence-electron chi connectivity index (χ3n) is 4.05. The second-order valence-electron chi connectivity index (χ2n) is 5.73. The summed E-state index contributed by atoms with van der Waals surface area (Å²) in [6.07, 6.45) is 4.59. The van der Waals surface area contributed by atoms with E-state index in [1.807, 2.05) is 6.20 Å². The third-order valence-corrected chi connectivity index (χ3v) is 5.14. The van der Waals surface area contributed by atoms with Gasteiger partial charge in [0.25, 0.3) is 0 Å². The highest BCUT2D eigenvalue weighted by Crippen LogP contribution is 2.25. The van der Waals surface area contributed by atoms with Crippen LogP contribution in [0.3, 0.4) is 0 Å². The fourth-order valence-electron chi connectivity index (χ4n) is 2.85. The summed E-state index contributed by atoms with van der Waals surface area (Å²) in [6.45, 7) is 7.58. The Morgan fingerprint density at radius 1 is 1.29 bits per heavy atom. The number of nitrogens with one attached hydrogen (secondary N) is 1. The van der Waals surface area contributed by atoms with Crippen LogP contribution in [0, 0.1) is 6.92 Å². The van der Waals surface area contributed by atoms with E-state index < -0.39 is 0 Å². The van der Waals surface area contributed by atoms with Crippen LogP contribution < -0.4 is 10.2 Å². The van der Waals surface area contributed by atoms with Crippen LogP contribution in [0.5, 0.6) is 0 Å². The number of hydrogen-bond donors (Lipinski definition) is 1. The lowest BCUT2D eigenvalue weighted by molar-refractivity contribution is 0.571. The van der Waals surface area contributed by atoms with Gasteiger partial charge in [-0.1, -0.05) is 18.2 Å². The smallest absolute Gasteiger partial charge is 0.109 e. The molecule has 1 N–H and O–H groups in total. The number of para-hydroxylation sites is 1. The average molecular weight is 301 g/mol. The van der Waals surface area contributed by atoms with E-state index in [0.717, 1.165) is 6.54 Å². The van der Waals surface area contributed by atoms with Gasteiger partial charge in [0.2, 0.25) is 0 Å². The monoisotopic (exact) mass is 301 g/mol. The highest BCUT2D eigenvalue weighted by Gasteiger charge is 2.16. The molecule has 112 valence electrons. The molecule has 0 aliphatic carbocycles. The van der Waals surface area contributed by atoms with Crippen LogP contribution in [0.4, 0.5) is 5.69 Å². The average Bonchev–Trinajstić information content (AvgIpc) is 3.16. The zero-order valence-corrected chi connectivity index (χ0v) is 13.6. The van der Waals surface area contributed by atoms with Gasteiger partial charge in [0.1, 0.15) is 5.01 Å². The van der Waals surface area contributed by atoms with Crippen LogP contribution in [0.1, 0.15) is 41.3 Å². The van der Waals surface area contributed by atoms with Crippen molar-refractivity contribution in [3.8, 4) is 0 Å². The Morgan fingerprint density at radius 3 is 2.76 bits per heavy atom. The van der Waals surface area contributed by atoms with Crippen molar-refractivity contribution >= 4 is 17.0 Å². The Kier molecular flexibility index (Phi) is 4.56. The van der Waals surface area contributed by atoms with Crippen molar-refractivity contribution in [3.05, 3.63) is 45.9 Å². The van der Waals surface area contributed by atoms with E-state index in [1.54, 1.807) is 11.3 Å². The number of anilines is 1. The van der Waals surface area contributed by atoms with E-state index in [0.29, 0.717) is 6.04 Å². The van der Waals surface area contributed by atoms with Crippen LogP contribution in [0.2, 0.25) is 0 Å². The minimum atomic E-state index is 0.301. The maximum Gasteiger partial charge on any atom is 0.109 e. The van der Waals surface area contributed by atoms with E-state index in [9.17, 15) is 0 Å². The van der Waals surface area contributed by atoms with E-state index in [2.05, 4.69) is 53.3 Å². The number of rotatable bonds is 5. The summed E-state index contributed by atoms with van der Waals surface area (Å²) in [5.41, 5.74) is 2.78. The van der Waals surface area contributed by atoms with Crippen LogP contribution >= 0.6 is 11.3 Å². The largest absolute Gasteiger partial charge is 0.371 e. The molecule has 4 heteroatoms. The number of aromatic nitrogens is 1. The molecule has 1 aromatic heterocycles. The molecule has 3 rings (SSSR count). The first-order chi connectivity index (χ1) is 10.2. The van der Waals surface area contributed by atoms with Crippen molar-refractivity contribution < 1.29 is 0 Å². The van der Waals surface area contributed by atoms with Crippen molar-refractivity contribution in [1.29, 1.82) is 0 Å². The fourth-order valence-corrected chi connectivity index (χ4v) is 3.65. The topological polar surface area (TPSA) is 28.2 Å². The lowest BCUT2D eigenvalue weighted by atomic mass is 10.1. The SMILES string of the molecule is Cc1cnc(C(C)NCc2ccccc2N2CCCC2)s1. The number of thiazole rings is 1. The van der Waals surface area contributed by atoms with Gasteiger partial charge in [0.05, 0.1) is 6.04 Å². The summed E-state index contributed by atoms with van der Waals surface area (Å²) in [4.78, 5) is 8.26. The van der Waals surface area contributed by atoms with Gasteiger partial charge >= 0.3 is 0 Å². The van der Waals surface area contributed by atoms with Gasteiger partial charge in [-0.25, -0.2) is 4.98 Å². The maximum atomic E-state index is 4.47. The molecular formula is C17H23N3S. The molecule has 3 nitrogen and oxygen atoms in total. The van der Waals surface area contributed by atoms with Gasteiger partial charge in [-0.05, 0) is 38.3 Å². The lowest BCUT2D eigenvalue weighted by Crippen LogP contribution is -2.23. The molecule has 1 aliphatic rings. The first kappa shape index (κ1) is 14.5. The molecule has 1 fully saturated rings. The van der Waals surface area contributed by atoms with Gasteiger partial charge in [-0.3, -0.25) is 0 Å². The molecule has 0 radical (unpaired) electrons. The molecule has 0 amide bonds. The predicted octanol–water partition coefficient (Wildman–Crippen LogP) is 3.90. The standard InChI is InChI=1S/C17H23N3S/c1-13-11-19-17(21-13)14(2)18-12-15-7-3-4-8-16(15)20-9-5-6-10-20/h3-4,7-8,11,14,18H,5-6,9-10,12H2,1-2H3. The molecule has 1 aromatic carbocycles. The van der Waals surface area contributed by atoms with Gasteiger partial charge in [-0.2, -0.15) is 0 Å². The summed E-state index contributed by atoms with van der Waals surface area (Å²) in [6, 6.07) is 9.07. The number of aryl methyl sites for hydroxylation is 1. The summed E-state index contributed by atoms with van der Waals surface area (Å²) in [5.74, 6) is 0. The quantitative estimate of drug-likeness (QED) is 0.908. The Bertz CT molecular complexity index is 587. The summed E-state index contributed by atoms with van der Waals surface area (Å²) in [7, 11) is 0. The number of hydrogen-bond acceptors (Lipinski definition) is 4. The van der Waals surface area contributed by atoms with Crippen molar-refractivity contribution in [1.82, 2.24) is 10.3 Å². The zero-order valence-electron chi connectivity index (χ0n) is 12.8. The number of nitrogens with zero attached hydrogens (tertiary/aromatic N) is 2. The Morgan fingerprint density at radius 2 is 2.05 bits per heavy atom. The van der Waals surface area contributed by atoms with Gasteiger partial charge in [0, 0.05) is 36.4 Å². The molecule has 2 heterocycles. The highest BCUT2D eigenvalue weighted by atomic mass is 32.1. The molecule has 0 spiro atoms. The fraction of sp³-hybridized carbons (Fsp3) is 0.471. The van der Waals surface area contributed by atoms with E-state index in [-0.39, 0.29) is 0 Å². The molecular weight excluding hydrogens is 278 g/mol. The van der Waals surface area contributed by atoms with E-state index >= 15 is 0 Å². The molecule has 21 heavy (non-hydrogen) atoms. The minimum Gasteiger partial charge on any atom is -0.371 e. The maximum absolute atomic E-state index is 4.47. The second-order valence-corrected chi connectivity index (χ2v) is 7.00. The van der Waals surface area contributed by atoms with Gasteiger partial charge < -0.3 is 10.2 Å². The lowest BCUT2D eigenvalue weighted by Gasteiger charge is -2.22. The molecule has 1 aliphatic heterocycles. The number of benzene rings is 1. The van der Waals surface area contributed by atoms with Gasteiger partial charge in [0.15, 0.2) is 0 Å². The van der Waals surface area contributed by atoms with Crippen molar-refractivity contribution in [2.45, 2.75) is 39.3 Å². The van der Waals surface area contributed by atoms with Crippen LogP contribution in [-0.4, -0.2) is 18.1 Å². The van der Waals surface area contributed by atoms with Crippen LogP contribution in [-0.2, 0) is 6.54 Å². The normalized spacial score (nSPS) is 16.4. The first-order valence-corrected chi connectivity index (χ1v) is 8.54. The van der Waals surface area contributed by atoms with Crippen molar-refractivity contribution in [3.63, 3.8) is 0 Å². The van der Waals surface area contributed by atoms with Crippen molar-refractivity contribution in [2.24, 2.45) is 0 Å². The summed E-state index contributed by atoms with van der Waals surface area (Å²) < 4.78 is 0. The molecule has 1 atom stereocenters. The molecule has 0 bridgehead atoms. The molecule has 2 aromatic rings. The Balaban J connectivity index is 1.67. The van der Waals surface area contributed by atoms with Gasteiger partial charge in [-0.15, -0.1) is 11.3 Å². The summed E-state index contributed by atoms with van der Waals surface area (Å²) in [5, 5.41) is 4.79. The van der Waals surface area contributed by atoms with Crippen LogP contribution in [0.15, 0.2) is 30.5 Å². The Hall–Kier alpha value is -1.39. The minimum absolute atomic E-state index is 0.301. The first-order valence-electron chi connectivity index (χ1n) is 7.72. The molecule has 1 saturated heterocycles. The summed E-state index contributed by atoms with van der Waals surface area (Å²) >= 11 is 1.78.